The van der Waals surface area contributed by atoms with E-state index in [1.54, 1.807) is 24.3 Å². The summed E-state index contributed by atoms with van der Waals surface area (Å²) in [5.41, 5.74) is 0.949. The average Bonchev–Trinajstić information content (AvgIpc) is 3.15. The maximum absolute atomic E-state index is 12.5. The summed E-state index contributed by atoms with van der Waals surface area (Å²) in [5, 5.41) is 5.47. The minimum atomic E-state index is -3.88. The molecule has 0 aliphatic heterocycles. The van der Waals surface area contributed by atoms with E-state index in [4.69, 9.17) is 17.0 Å². The predicted octanol–water partition coefficient (Wildman–Crippen LogP) is 3.24. The SMILES string of the molecule is COc1nsnc1NS(=O)(=O)c1ccc(NC(=S)NC(=O)c2ccc(Br)cc2)cc1. The highest BCUT2D eigenvalue weighted by Crippen LogP contribution is 2.24. The molecule has 3 N–H and O–H groups in total. The van der Waals surface area contributed by atoms with Crippen molar-refractivity contribution in [1.82, 2.24) is 14.1 Å². The van der Waals surface area contributed by atoms with Crippen LogP contribution in [-0.4, -0.2) is 35.3 Å². The molecule has 0 atom stereocenters. The Morgan fingerprint density at radius 3 is 2.40 bits per heavy atom. The van der Waals surface area contributed by atoms with Gasteiger partial charge in [0.25, 0.3) is 21.8 Å². The number of hydrogen-bond acceptors (Lipinski definition) is 8. The van der Waals surface area contributed by atoms with Crippen LogP contribution in [-0.2, 0) is 10.0 Å². The van der Waals surface area contributed by atoms with Crippen LogP contribution in [0.5, 0.6) is 5.88 Å². The topological polar surface area (TPSA) is 122 Å². The Hall–Kier alpha value is -2.61. The zero-order valence-corrected chi connectivity index (χ0v) is 19.3. The number of sulfonamides is 1. The molecule has 0 saturated heterocycles. The third kappa shape index (κ3) is 5.50. The Bertz CT molecular complexity index is 1160. The number of aromatic nitrogens is 2. The zero-order valence-electron chi connectivity index (χ0n) is 15.2. The van der Waals surface area contributed by atoms with Crippen molar-refractivity contribution in [2.45, 2.75) is 4.90 Å². The first-order valence-corrected chi connectivity index (χ1v) is 11.6. The highest BCUT2D eigenvalue weighted by Gasteiger charge is 2.19. The van der Waals surface area contributed by atoms with E-state index in [0.29, 0.717) is 11.3 Å². The van der Waals surface area contributed by atoms with Gasteiger partial charge in [0.1, 0.15) is 0 Å². The van der Waals surface area contributed by atoms with Gasteiger partial charge in [0, 0.05) is 15.7 Å². The summed E-state index contributed by atoms with van der Waals surface area (Å²) in [7, 11) is -2.51. The predicted molar refractivity (Wildman–Crippen MR) is 122 cm³/mol. The second kappa shape index (κ2) is 9.47. The van der Waals surface area contributed by atoms with Gasteiger partial charge in [0.05, 0.1) is 23.7 Å². The van der Waals surface area contributed by atoms with Crippen molar-refractivity contribution < 1.29 is 17.9 Å². The van der Waals surface area contributed by atoms with Gasteiger partial charge in [-0.15, -0.1) is 4.37 Å². The molecule has 0 radical (unpaired) electrons. The van der Waals surface area contributed by atoms with Gasteiger partial charge in [0.15, 0.2) is 5.11 Å². The number of thiocarbonyl (C=S) groups is 1. The fourth-order valence-electron chi connectivity index (χ4n) is 2.22. The molecular formula is C17H14BrN5O4S3. The highest BCUT2D eigenvalue weighted by atomic mass is 79.9. The smallest absolute Gasteiger partial charge is 0.271 e. The first-order valence-electron chi connectivity index (χ1n) is 8.16. The van der Waals surface area contributed by atoms with Gasteiger partial charge < -0.3 is 10.1 Å². The molecular weight excluding hydrogens is 514 g/mol. The van der Waals surface area contributed by atoms with Gasteiger partial charge in [-0.05, 0) is 60.7 Å². The Labute approximate surface area is 190 Å². The number of halogens is 1. The average molecular weight is 528 g/mol. The molecule has 3 aromatic rings. The van der Waals surface area contributed by atoms with Crippen molar-refractivity contribution in [3.05, 3.63) is 58.6 Å². The van der Waals surface area contributed by atoms with Gasteiger partial charge in [-0.25, -0.2) is 8.42 Å². The molecule has 0 unspecified atom stereocenters. The number of hydrogen-bond donors (Lipinski definition) is 3. The number of nitrogens with one attached hydrogen (secondary N) is 3. The first-order chi connectivity index (χ1) is 14.3. The molecule has 0 aliphatic carbocycles. The zero-order chi connectivity index (χ0) is 21.7. The fourth-order valence-corrected chi connectivity index (χ4v) is 4.23. The largest absolute Gasteiger partial charge is 0.478 e. The minimum absolute atomic E-state index is 0.00733. The van der Waals surface area contributed by atoms with Gasteiger partial charge >= 0.3 is 0 Å². The minimum Gasteiger partial charge on any atom is -0.478 e. The summed E-state index contributed by atoms with van der Waals surface area (Å²) < 4.78 is 40.8. The lowest BCUT2D eigenvalue weighted by Gasteiger charge is -2.11. The molecule has 1 amide bonds. The van der Waals surface area contributed by atoms with E-state index in [1.165, 1.54) is 31.4 Å². The van der Waals surface area contributed by atoms with Crippen LogP contribution in [0.15, 0.2) is 57.9 Å². The quantitative estimate of drug-likeness (QED) is 0.417. The van der Waals surface area contributed by atoms with Crippen molar-refractivity contribution in [2.24, 2.45) is 0 Å². The molecule has 0 fully saturated rings. The van der Waals surface area contributed by atoms with Crippen LogP contribution in [0.2, 0.25) is 0 Å². The van der Waals surface area contributed by atoms with Crippen molar-refractivity contribution in [3.8, 4) is 5.88 Å². The first kappa shape index (κ1) is 22.1. The molecule has 3 rings (SSSR count). The molecule has 0 spiro atoms. The fraction of sp³-hybridized carbons (Fsp3) is 0.0588. The molecule has 0 saturated carbocycles. The van der Waals surface area contributed by atoms with Gasteiger partial charge in [-0.3, -0.25) is 14.8 Å². The van der Waals surface area contributed by atoms with E-state index in [9.17, 15) is 13.2 Å². The molecule has 0 bridgehead atoms. The Morgan fingerprint density at radius 2 is 1.77 bits per heavy atom. The monoisotopic (exact) mass is 527 g/mol. The summed E-state index contributed by atoms with van der Waals surface area (Å²) in [5.74, 6) is -0.260. The standard InChI is InChI=1S/C17H14BrN5O4S3/c1-27-16-14(21-29-22-16)23-30(25,26)13-8-6-12(7-9-13)19-17(28)20-15(24)10-2-4-11(18)5-3-10/h2-9H,1H3,(H,21,23)(H2,19,20,24,28). The van der Waals surface area contributed by atoms with Crippen LogP contribution >= 0.6 is 39.9 Å². The Morgan fingerprint density at radius 1 is 1.10 bits per heavy atom. The van der Waals surface area contributed by atoms with E-state index in [2.05, 4.69) is 40.0 Å². The molecule has 13 heteroatoms. The molecule has 30 heavy (non-hydrogen) atoms. The van der Waals surface area contributed by atoms with Crippen LogP contribution in [0.3, 0.4) is 0 Å². The molecule has 1 aromatic heterocycles. The number of amides is 1. The van der Waals surface area contributed by atoms with Crippen LogP contribution < -0.4 is 20.1 Å². The van der Waals surface area contributed by atoms with Crippen LogP contribution in [0.4, 0.5) is 11.5 Å². The number of nitrogens with zero attached hydrogens (tertiary/aromatic N) is 2. The Kier molecular flexibility index (Phi) is 6.97. The lowest BCUT2D eigenvalue weighted by atomic mass is 10.2. The van der Waals surface area contributed by atoms with Gasteiger partial charge in [-0.1, -0.05) is 15.9 Å². The van der Waals surface area contributed by atoms with Crippen LogP contribution in [0.25, 0.3) is 0 Å². The second-order valence-corrected chi connectivity index (χ2v) is 9.20. The summed E-state index contributed by atoms with van der Waals surface area (Å²) in [6, 6.07) is 12.6. The maximum atomic E-state index is 12.5. The van der Waals surface area contributed by atoms with Crippen molar-refractivity contribution in [1.29, 1.82) is 0 Å². The van der Waals surface area contributed by atoms with E-state index < -0.39 is 10.0 Å². The number of rotatable bonds is 6. The van der Waals surface area contributed by atoms with Gasteiger partial charge in [0.2, 0.25) is 5.82 Å². The van der Waals surface area contributed by atoms with E-state index in [1.807, 2.05) is 0 Å². The molecule has 2 aromatic carbocycles. The van der Waals surface area contributed by atoms with Crippen LogP contribution in [0.1, 0.15) is 10.4 Å². The van der Waals surface area contributed by atoms with Crippen LogP contribution in [0, 0.1) is 0 Å². The molecule has 1 heterocycles. The van der Waals surface area contributed by atoms with E-state index in [0.717, 1.165) is 16.2 Å². The summed E-state index contributed by atoms with van der Waals surface area (Å²) >= 11 is 9.27. The van der Waals surface area contributed by atoms with Gasteiger partial charge in [-0.2, -0.15) is 4.37 Å². The van der Waals surface area contributed by atoms with E-state index in [-0.39, 0.29) is 27.6 Å². The number of anilines is 2. The second-order valence-electron chi connectivity index (χ2n) is 5.67. The number of methoxy groups -OCH3 is 1. The summed E-state index contributed by atoms with van der Waals surface area (Å²) in [6.45, 7) is 0. The lowest BCUT2D eigenvalue weighted by Crippen LogP contribution is -2.34. The van der Waals surface area contributed by atoms with E-state index >= 15 is 0 Å². The molecule has 0 aliphatic rings. The lowest BCUT2D eigenvalue weighted by molar-refractivity contribution is 0.0977. The third-order valence-corrected chi connectivity index (χ3v) is 6.24. The van der Waals surface area contributed by atoms with Crippen molar-refractivity contribution >= 4 is 72.4 Å². The number of carbonyl (C=O) groups is 1. The maximum Gasteiger partial charge on any atom is 0.271 e. The third-order valence-electron chi connectivity index (χ3n) is 3.64. The summed E-state index contributed by atoms with van der Waals surface area (Å²) in [4.78, 5) is 12.2. The van der Waals surface area contributed by atoms with Crippen molar-refractivity contribution in [3.63, 3.8) is 0 Å². The normalized spacial score (nSPS) is 10.9. The summed E-state index contributed by atoms with van der Waals surface area (Å²) in [6.07, 6.45) is 0. The number of benzene rings is 2. The number of ether oxygens (including phenoxy) is 1. The van der Waals surface area contributed by atoms with Crippen molar-refractivity contribution in [2.75, 3.05) is 17.1 Å². The number of carbonyl (C=O) groups excluding carboxylic acids is 1. The molecule has 156 valence electrons. The Balaban J connectivity index is 1.63. The molecule has 9 nitrogen and oxygen atoms in total. The highest BCUT2D eigenvalue weighted by molar-refractivity contribution is 9.10.